The third-order valence-corrected chi connectivity index (χ3v) is 5.55. The van der Waals surface area contributed by atoms with Crippen LogP contribution in [0.5, 0.6) is 0 Å². The minimum atomic E-state index is 0.0612. The lowest BCUT2D eigenvalue weighted by Crippen LogP contribution is -2.46. The maximum Gasteiger partial charge on any atom is 0.261 e. The maximum absolute atomic E-state index is 12.5. The number of methoxy groups -OCH3 is 1. The number of piperidine rings is 1. The molecule has 5 nitrogen and oxygen atoms in total. The van der Waals surface area contributed by atoms with Crippen LogP contribution in [-0.4, -0.2) is 49.6 Å². The first-order valence-corrected chi connectivity index (χ1v) is 9.22. The Labute approximate surface area is 141 Å². The minimum absolute atomic E-state index is 0.0612. The van der Waals surface area contributed by atoms with Crippen LogP contribution in [0.4, 0.5) is 0 Å². The summed E-state index contributed by atoms with van der Waals surface area (Å²) in [4.78, 5) is 27.2. The van der Waals surface area contributed by atoms with Gasteiger partial charge in [-0.3, -0.25) is 9.59 Å². The number of nitrogens with zero attached hydrogens (tertiary/aromatic N) is 1. The van der Waals surface area contributed by atoms with Crippen molar-refractivity contribution in [1.82, 2.24) is 10.2 Å². The van der Waals surface area contributed by atoms with Crippen molar-refractivity contribution < 1.29 is 14.3 Å². The molecule has 1 aromatic heterocycles. The highest BCUT2D eigenvalue weighted by Gasteiger charge is 2.30. The molecule has 1 aliphatic carbocycles. The normalized spacial score (nSPS) is 18.9. The van der Waals surface area contributed by atoms with Crippen LogP contribution in [0.15, 0.2) is 11.4 Å². The number of hydrogen-bond donors (Lipinski definition) is 1. The smallest absolute Gasteiger partial charge is 0.261 e. The molecule has 126 valence electrons. The number of thiophene rings is 1. The van der Waals surface area contributed by atoms with Gasteiger partial charge in [0.2, 0.25) is 5.91 Å². The second-order valence-corrected chi connectivity index (χ2v) is 7.27. The van der Waals surface area contributed by atoms with E-state index in [0.29, 0.717) is 32.0 Å². The van der Waals surface area contributed by atoms with Gasteiger partial charge in [0.05, 0.1) is 17.9 Å². The Kier molecular flexibility index (Phi) is 5.33. The van der Waals surface area contributed by atoms with Gasteiger partial charge in [0, 0.05) is 26.2 Å². The molecule has 1 N–H and O–H groups in total. The van der Waals surface area contributed by atoms with Gasteiger partial charge in [0.25, 0.3) is 5.91 Å². The molecule has 2 amide bonds. The van der Waals surface area contributed by atoms with Crippen molar-refractivity contribution in [1.29, 1.82) is 0 Å². The second kappa shape index (κ2) is 7.45. The lowest BCUT2D eigenvalue weighted by Gasteiger charge is -2.32. The highest BCUT2D eigenvalue weighted by molar-refractivity contribution is 7.12. The van der Waals surface area contributed by atoms with E-state index < -0.39 is 0 Å². The molecule has 2 fully saturated rings. The number of ether oxygens (including phenoxy) is 1. The zero-order valence-corrected chi connectivity index (χ0v) is 14.4. The fraction of sp³-hybridized carbons (Fsp3) is 0.647. The molecule has 1 aromatic rings. The lowest BCUT2D eigenvalue weighted by molar-refractivity contribution is -0.133. The number of carbonyl (C=O) groups excluding carboxylic acids is 2. The molecule has 0 bridgehead atoms. The van der Waals surface area contributed by atoms with Gasteiger partial charge < -0.3 is 15.0 Å². The molecule has 0 atom stereocenters. The molecule has 3 rings (SSSR count). The van der Waals surface area contributed by atoms with Crippen LogP contribution in [0.25, 0.3) is 0 Å². The third-order valence-electron chi connectivity index (χ3n) is 4.62. The number of amides is 2. The molecule has 23 heavy (non-hydrogen) atoms. The van der Waals surface area contributed by atoms with Gasteiger partial charge in [-0.15, -0.1) is 11.3 Å². The Morgan fingerprint density at radius 1 is 1.30 bits per heavy atom. The topological polar surface area (TPSA) is 58.6 Å². The molecule has 1 saturated carbocycles. The molecule has 1 aliphatic heterocycles. The quantitative estimate of drug-likeness (QED) is 0.868. The van der Waals surface area contributed by atoms with Gasteiger partial charge in [-0.25, -0.2) is 0 Å². The van der Waals surface area contributed by atoms with Crippen molar-refractivity contribution in [3.8, 4) is 0 Å². The van der Waals surface area contributed by atoms with Crippen LogP contribution in [0.2, 0.25) is 0 Å². The van der Waals surface area contributed by atoms with Crippen LogP contribution in [0.1, 0.15) is 53.3 Å². The van der Waals surface area contributed by atoms with E-state index in [9.17, 15) is 9.59 Å². The van der Waals surface area contributed by atoms with E-state index in [2.05, 4.69) is 11.4 Å². The summed E-state index contributed by atoms with van der Waals surface area (Å²) in [7, 11) is 1.61. The number of likely N-dealkylation sites (tertiary alicyclic amines) is 1. The Bertz CT molecular complexity index is 560. The molecule has 1 saturated heterocycles. The molecule has 6 heteroatoms. The Balaban J connectivity index is 1.47. The number of nitrogens with one attached hydrogen (secondary N) is 1. The molecule has 0 unspecified atom stereocenters. The first kappa shape index (κ1) is 16.5. The average Bonchev–Trinajstić information content (AvgIpc) is 3.29. The van der Waals surface area contributed by atoms with Crippen molar-refractivity contribution in [2.24, 2.45) is 0 Å². The van der Waals surface area contributed by atoms with Crippen molar-refractivity contribution in [2.45, 2.75) is 44.1 Å². The van der Waals surface area contributed by atoms with Gasteiger partial charge in [-0.2, -0.15) is 0 Å². The summed E-state index contributed by atoms with van der Waals surface area (Å²) in [5, 5.41) is 5.17. The van der Waals surface area contributed by atoms with E-state index in [4.69, 9.17) is 4.74 Å². The van der Waals surface area contributed by atoms with Gasteiger partial charge in [-0.05, 0) is 48.6 Å². The fourth-order valence-corrected chi connectivity index (χ4v) is 3.98. The Hall–Kier alpha value is -1.40. The first-order valence-electron chi connectivity index (χ1n) is 8.34. The Morgan fingerprint density at radius 3 is 2.70 bits per heavy atom. The molecule has 0 radical (unpaired) electrons. The van der Waals surface area contributed by atoms with Gasteiger partial charge in [-0.1, -0.05) is 0 Å². The second-order valence-electron chi connectivity index (χ2n) is 6.35. The molecule has 2 aliphatic rings. The van der Waals surface area contributed by atoms with Gasteiger partial charge in [0.1, 0.15) is 0 Å². The van der Waals surface area contributed by atoms with Crippen LogP contribution in [0.3, 0.4) is 0 Å². The maximum atomic E-state index is 12.5. The molecule has 0 aromatic carbocycles. The molecule has 0 spiro atoms. The summed E-state index contributed by atoms with van der Waals surface area (Å²) in [6, 6.07) is 2.26. The van der Waals surface area contributed by atoms with Crippen molar-refractivity contribution in [3.63, 3.8) is 0 Å². The van der Waals surface area contributed by atoms with Crippen molar-refractivity contribution in [3.05, 3.63) is 21.9 Å². The van der Waals surface area contributed by atoms with Crippen molar-refractivity contribution >= 4 is 23.2 Å². The summed E-state index contributed by atoms with van der Waals surface area (Å²) in [6.45, 7) is 1.90. The number of carbonyl (C=O) groups is 2. The lowest BCUT2D eigenvalue weighted by atomic mass is 10.0. The summed E-state index contributed by atoms with van der Waals surface area (Å²) in [6.07, 6.45) is 4.51. The molecular weight excluding hydrogens is 312 g/mol. The monoisotopic (exact) mass is 336 g/mol. The number of rotatable bonds is 6. The van der Waals surface area contributed by atoms with E-state index in [1.54, 1.807) is 7.11 Å². The third kappa shape index (κ3) is 4.12. The predicted molar refractivity (Wildman–Crippen MR) is 89.9 cm³/mol. The SMILES string of the molecule is COCCC(=O)N1CCC(NC(=O)c2sccc2C2CC2)CC1. The molecule has 2 heterocycles. The van der Waals surface area contributed by atoms with E-state index in [-0.39, 0.29) is 17.9 Å². The van der Waals surface area contributed by atoms with E-state index in [1.165, 1.54) is 29.7 Å². The summed E-state index contributed by atoms with van der Waals surface area (Å²) < 4.78 is 4.95. The summed E-state index contributed by atoms with van der Waals surface area (Å²) in [5.41, 5.74) is 1.22. The van der Waals surface area contributed by atoms with E-state index in [1.807, 2.05) is 10.3 Å². The van der Waals surface area contributed by atoms with E-state index in [0.717, 1.165) is 17.7 Å². The Morgan fingerprint density at radius 2 is 2.04 bits per heavy atom. The van der Waals surface area contributed by atoms with Gasteiger partial charge >= 0.3 is 0 Å². The van der Waals surface area contributed by atoms with Gasteiger partial charge in [0.15, 0.2) is 0 Å². The fourth-order valence-electron chi connectivity index (χ4n) is 3.09. The van der Waals surface area contributed by atoms with E-state index >= 15 is 0 Å². The zero-order valence-electron chi connectivity index (χ0n) is 13.5. The summed E-state index contributed by atoms with van der Waals surface area (Å²) in [5.74, 6) is 0.805. The molecular formula is C17H24N2O3S. The van der Waals surface area contributed by atoms with Crippen LogP contribution >= 0.6 is 11.3 Å². The highest BCUT2D eigenvalue weighted by Crippen LogP contribution is 2.43. The summed E-state index contributed by atoms with van der Waals surface area (Å²) >= 11 is 1.54. The highest BCUT2D eigenvalue weighted by atomic mass is 32.1. The predicted octanol–water partition coefficient (Wildman–Crippen LogP) is 2.38. The minimum Gasteiger partial charge on any atom is -0.384 e. The van der Waals surface area contributed by atoms with Crippen LogP contribution in [0, 0.1) is 0 Å². The number of hydrogen-bond acceptors (Lipinski definition) is 4. The van der Waals surface area contributed by atoms with Crippen molar-refractivity contribution in [2.75, 3.05) is 26.8 Å². The van der Waals surface area contributed by atoms with Crippen LogP contribution < -0.4 is 5.32 Å². The zero-order chi connectivity index (χ0) is 16.2. The standard InChI is InChI=1S/C17H24N2O3S/c1-22-10-6-15(20)19-8-4-13(5-9-19)18-17(21)16-14(7-11-23-16)12-2-3-12/h7,11-13H,2-6,8-10H2,1H3,(H,18,21). The van der Waals surface area contributed by atoms with Crippen LogP contribution in [-0.2, 0) is 9.53 Å². The average molecular weight is 336 g/mol. The largest absolute Gasteiger partial charge is 0.384 e. The first-order chi connectivity index (χ1) is 11.2.